The van der Waals surface area contributed by atoms with Gasteiger partial charge in [0.2, 0.25) is 0 Å². The molecule has 35 heavy (non-hydrogen) atoms. The first-order chi connectivity index (χ1) is 17.1. The quantitative estimate of drug-likeness (QED) is 0.293. The van der Waals surface area contributed by atoms with Gasteiger partial charge in [0.25, 0.3) is 11.8 Å². The molecule has 0 aromatic heterocycles. The second-order valence-electron chi connectivity index (χ2n) is 9.41. The Morgan fingerprint density at radius 1 is 0.914 bits per heavy atom. The van der Waals surface area contributed by atoms with Crippen molar-refractivity contribution >= 4 is 28.8 Å². The highest BCUT2D eigenvalue weighted by atomic mass is 16.5. The molecule has 3 aliphatic carbocycles. The number of ether oxygens (including phenoxy) is 2. The predicted molar refractivity (Wildman–Crippen MR) is 133 cm³/mol. The van der Waals surface area contributed by atoms with E-state index in [4.69, 9.17) is 9.47 Å². The average Bonchev–Trinajstić information content (AvgIpc) is 3.18. The molecule has 3 aromatic rings. The van der Waals surface area contributed by atoms with Gasteiger partial charge in [0, 0.05) is 0 Å². The molecule has 2 fully saturated rings. The van der Waals surface area contributed by atoms with Crippen LogP contribution < -0.4 is 9.47 Å². The van der Waals surface area contributed by atoms with Gasteiger partial charge in [-0.15, -0.1) is 0 Å². The number of carbonyl (C=O) groups is 2. The van der Waals surface area contributed by atoms with E-state index in [1.165, 1.54) is 5.39 Å². The Bertz CT molecular complexity index is 1340. The standard InChI is InChI=1S/C29H26N2O4/c1-34-25-15-18(9-14-24(25)35-17-22-7-4-6-19-5-2-3-8-23(19)22)16-30-31-28(32)26-20-10-11-21(13-12-20)27(26)29(31)33/h2-11,14-16,20-21,26-27H,12-13,17H2,1H3/b30-16+. The number of carbonyl (C=O) groups excluding carboxylic acids is 2. The van der Waals surface area contributed by atoms with Crippen molar-refractivity contribution in [3.05, 3.63) is 83.9 Å². The molecule has 2 bridgehead atoms. The number of amides is 2. The van der Waals surface area contributed by atoms with Gasteiger partial charge < -0.3 is 9.47 Å². The normalized spacial score (nSPS) is 25.0. The third-order valence-electron chi connectivity index (χ3n) is 7.51. The molecule has 4 atom stereocenters. The Morgan fingerprint density at radius 3 is 2.34 bits per heavy atom. The van der Waals surface area contributed by atoms with Crippen molar-refractivity contribution in [3.8, 4) is 11.5 Å². The number of rotatable bonds is 6. The second kappa shape index (κ2) is 8.69. The van der Waals surface area contributed by atoms with Crippen LogP contribution in [-0.4, -0.2) is 30.1 Å². The number of hydrazone groups is 1. The summed E-state index contributed by atoms with van der Waals surface area (Å²) in [7, 11) is 1.59. The number of hydrogen-bond acceptors (Lipinski definition) is 5. The lowest BCUT2D eigenvalue weighted by atomic mass is 9.63. The maximum atomic E-state index is 13.0. The van der Waals surface area contributed by atoms with E-state index in [0.717, 1.165) is 34.4 Å². The van der Waals surface area contributed by atoms with E-state index >= 15 is 0 Å². The van der Waals surface area contributed by atoms with Crippen LogP contribution >= 0.6 is 0 Å². The number of nitrogens with zero attached hydrogens (tertiary/aromatic N) is 2. The third kappa shape index (κ3) is 3.70. The first kappa shape index (κ1) is 21.6. The highest BCUT2D eigenvalue weighted by Crippen LogP contribution is 2.49. The zero-order valence-electron chi connectivity index (χ0n) is 19.5. The maximum absolute atomic E-state index is 13.0. The van der Waals surface area contributed by atoms with Gasteiger partial charge in [-0.3, -0.25) is 9.59 Å². The number of methoxy groups -OCH3 is 1. The van der Waals surface area contributed by atoms with Crippen LogP contribution in [0, 0.1) is 23.7 Å². The number of imide groups is 1. The highest BCUT2D eigenvalue weighted by molar-refractivity contribution is 6.06. The van der Waals surface area contributed by atoms with E-state index in [2.05, 4.69) is 41.5 Å². The molecular formula is C29H26N2O4. The largest absolute Gasteiger partial charge is 0.493 e. The van der Waals surface area contributed by atoms with Crippen LogP contribution in [0.2, 0.25) is 0 Å². The molecule has 6 heteroatoms. The van der Waals surface area contributed by atoms with E-state index in [-0.39, 0.29) is 35.5 Å². The minimum Gasteiger partial charge on any atom is -0.493 e. The molecule has 1 heterocycles. The summed E-state index contributed by atoms with van der Waals surface area (Å²) in [6.07, 6.45) is 7.69. The van der Waals surface area contributed by atoms with Crippen LogP contribution in [0.25, 0.3) is 10.8 Å². The molecule has 0 radical (unpaired) electrons. The highest BCUT2D eigenvalue weighted by Gasteiger charge is 2.56. The smallest absolute Gasteiger partial charge is 0.254 e. The maximum Gasteiger partial charge on any atom is 0.254 e. The first-order valence-corrected chi connectivity index (χ1v) is 12.0. The number of fused-ring (bicyclic) bond motifs is 2. The molecule has 0 spiro atoms. The lowest BCUT2D eigenvalue weighted by Crippen LogP contribution is -2.38. The van der Waals surface area contributed by atoms with E-state index in [0.29, 0.717) is 18.1 Å². The van der Waals surface area contributed by atoms with Crippen molar-refractivity contribution in [2.45, 2.75) is 19.4 Å². The monoisotopic (exact) mass is 466 g/mol. The third-order valence-corrected chi connectivity index (χ3v) is 7.51. The first-order valence-electron chi connectivity index (χ1n) is 12.0. The zero-order valence-corrected chi connectivity index (χ0v) is 19.5. The Labute approximate surface area is 203 Å². The van der Waals surface area contributed by atoms with Crippen molar-refractivity contribution in [3.63, 3.8) is 0 Å². The molecule has 7 rings (SSSR count). The zero-order chi connectivity index (χ0) is 23.9. The second-order valence-corrected chi connectivity index (χ2v) is 9.41. The van der Waals surface area contributed by atoms with Crippen LogP contribution in [0.15, 0.2) is 77.9 Å². The minimum absolute atomic E-state index is 0.153. The van der Waals surface area contributed by atoms with Crippen LogP contribution in [0.5, 0.6) is 11.5 Å². The van der Waals surface area contributed by atoms with Crippen molar-refractivity contribution in [2.75, 3.05) is 7.11 Å². The van der Waals surface area contributed by atoms with Crippen molar-refractivity contribution < 1.29 is 19.1 Å². The van der Waals surface area contributed by atoms with Gasteiger partial charge in [-0.2, -0.15) is 10.1 Å². The van der Waals surface area contributed by atoms with Gasteiger partial charge >= 0.3 is 0 Å². The molecule has 0 N–H and O–H groups in total. The Kier molecular flexibility index (Phi) is 5.36. The van der Waals surface area contributed by atoms with Crippen LogP contribution in [0.3, 0.4) is 0 Å². The number of benzene rings is 3. The van der Waals surface area contributed by atoms with Gasteiger partial charge in [-0.1, -0.05) is 54.6 Å². The molecule has 3 aromatic carbocycles. The van der Waals surface area contributed by atoms with Gasteiger partial charge in [0.15, 0.2) is 11.5 Å². The summed E-state index contributed by atoms with van der Waals surface area (Å²) in [5.74, 6) is 0.587. The lowest BCUT2D eigenvalue weighted by molar-refractivity contribution is -0.140. The molecular weight excluding hydrogens is 440 g/mol. The molecule has 1 aliphatic heterocycles. The van der Waals surface area contributed by atoms with Crippen molar-refractivity contribution in [1.29, 1.82) is 0 Å². The van der Waals surface area contributed by atoms with Gasteiger partial charge in [-0.05, 0) is 64.8 Å². The van der Waals surface area contributed by atoms with Crippen molar-refractivity contribution in [2.24, 2.45) is 28.8 Å². The van der Waals surface area contributed by atoms with E-state index in [1.807, 2.05) is 30.3 Å². The van der Waals surface area contributed by atoms with Crippen molar-refractivity contribution in [1.82, 2.24) is 5.01 Å². The molecule has 2 amide bonds. The Balaban J connectivity index is 1.19. The lowest BCUT2D eigenvalue weighted by Gasteiger charge is -2.37. The Hall–Kier alpha value is -3.93. The van der Waals surface area contributed by atoms with Crippen LogP contribution in [0.1, 0.15) is 24.0 Å². The fourth-order valence-corrected chi connectivity index (χ4v) is 5.75. The van der Waals surface area contributed by atoms with E-state index < -0.39 is 0 Å². The summed E-state index contributed by atoms with van der Waals surface area (Å²) in [6.45, 7) is 0.404. The van der Waals surface area contributed by atoms with E-state index in [9.17, 15) is 9.59 Å². The molecule has 6 nitrogen and oxygen atoms in total. The van der Waals surface area contributed by atoms with Gasteiger partial charge in [0.1, 0.15) is 6.61 Å². The average molecular weight is 467 g/mol. The van der Waals surface area contributed by atoms with E-state index in [1.54, 1.807) is 19.4 Å². The molecule has 1 saturated heterocycles. The summed E-state index contributed by atoms with van der Waals surface area (Å²) >= 11 is 0. The fraction of sp³-hybridized carbons (Fsp3) is 0.276. The van der Waals surface area contributed by atoms with Crippen LogP contribution in [0.4, 0.5) is 0 Å². The summed E-state index contributed by atoms with van der Waals surface area (Å²) in [5, 5.41) is 7.69. The Morgan fingerprint density at radius 2 is 1.63 bits per heavy atom. The number of allylic oxidation sites excluding steroid dienone is 2. The summed E-state index contributed by atoms with van der Waals surface area (Å²) in [5.41, 5.74) is 1.81. The van der Waals surface area contributed by atoms with Gasteiger partial charge in [-0.25, -0.2) is 0 Å². The topological polar surface area (TPSA) is 68.2 Å². The fourth-order valence-electron chi connectivity index (χ4n) is 5.75. The summed E-state index contributed by atoms with van der Waals surface area (Å²) in [4.78, 5) is 25.9. The SMILES string of the molecule is COc1cc(/C=N/N2C(=O)C3C4C=CC(CC4)C3C2=O)ccc1OCc1cccc2ccccc12. The molecule has 176 valence electrons. The van der Waals surface area contributed by atoms with Gasteiger partial charge in [0.05, 0.1) is 25.2 Å². The molecule has 1 saturated carbocycles. The minimum atomic E-state index is -0.261. The predicted octanol–water partition coefficient (Wildman–Crippen LogP) is 4.96. The summed E-state index contributed by atoms with van der Waals surface area (Å²) < 4.78 is 11.6. The molecule has 4 aliphatic rings. The van der Waals surface area contributed by atoms with Crippen LogP contribution in [-0.2, 0) is 16.2 Å². The molecule has 4 unspecified atom stereocenters. The number of hydrogen-bond donors (Lipinski definition) is 0. The summed E-state index contributed by atoms with van der Waals surface area (Å²) in [6, 6.07) is 19.8.